The molecule has 1 aliphatic rings. The maximum atomic E-state index is 11.1. The average molecular weight is 286 g/mol. The topological polar surface area (TPSA) is 47.6 Å². The molecule has 0 saturated carbocycles. The van der Waals surface area contributed by atoms with E-state index in [9.17, 15) is 4.79 Å². The van der Waals surface area contributed by atoms with Crippen LogP contribution in [-0.2, 0) is 11.3 Å². The van der Waals surface area contributed by atoms with E-state index in [1.807, 2.05) is 18.2 Å². The number of halogens is 1. The van der Waals surface area contributed by atoms with E-state index < -0.39 is 0 Å². The van der Waals surface area contributed by atoms with Crippen molar-refractivity contribution < 1.29 is 14.3 Å². The largest absolute Gasteiger partial charge is 0.486 e. The van der Waals surface area contributed by atoms with Crippen LogP contribution in [-0.4, -0.2) is 24.5 Å². The lowest BCUT2D eigenvalue weighted by Crippen LogP contribution is -2.23. The first kappa shape index (κ1) is 11.3. The molecule has 0 saturated heterocycles. The van der Waals surface area contributed by atoms with Crippen LogP contribution in [0.3, 0.4) is 0 Å². The van der Waals surface area contributed by atoms with Gasteiger partial charge in [-0.2, -0.15) is 0 Å². The molecule has 1 amide bonds. The number of ether oxygens (including phenoxy) is 2. The predicted molar refractivity (Wildman–Crippen MR) is 63.1 cm³/mol. The van der Waals surface area contributed by atoms with Crippen LogP contribution in [0.25, 0.3) is 0 Å². The lowest BCUT2D eigenvalue weighted by molar-refractivity contribution is -0.118. The number of amides is 1. The zero-order valence-electron chi connectivity index (χ0n) is 8.66. The molecule has 0 bridgehead atoms. The highest BCUT2D eigenvalue weighted by Gasteiger charge is 2.11. The highest BCUT2D eigenvalue weighted by Crippen LogP contribution is 2.30. The molecule has 1 N–H and O–H groups in total. The summed E-state index contributed by atoms with van der Waals surface area (Å²) in [5.41, 5.74) is 0.999. The zero-order valence-corrected chi connectivity index (χ0v) is 10.2. The second kappa shape index (κ2) is 5.21. The summed E-state index contributed by atoms with van der Waals surface area (Å²) < 4.78 is 10.9. The van der Waals surface area contributed by atoms with Crippen LogP contribution in [0.2, 0.25) is 0 Å². The Morgan fingerprint density at radius 1 is 1.31 bits per heavy atom. The summed E-state index contributed by atoms with van der Waals surface area (Å²) in [5.74, 6) is 1.48. The molecule has 0 spiro atoms. The van der Waals surface area contributed by atoms with Gasteiger partial charge in [-0.3, -0.25) is 4.79 Å². The van der Waals surface area contributed by atoms with Crippen LogP contribution in [0.5, 0.6) is 11.5 Å². The molecule has 0 atom stereocenters. The number of alkyl halides is 1. The Morgan fingerprint density at radius 2 is 2.06 bits per heavy atom. The van der Waals surface area contributed by atoms with Gasteiger partial charge in [-0.15, -0.1) is 0 Å². The summed E-state index contributed by atoms with van der Waals surface area (Å²) in [4.78, 5) is 11.1. The molecule has 0 unspecified atom stereocenters. The van der Waals surface area contributed by atoms with Gasteiger partial charge < -0.3 is 14.8 Å². The van der Waals surface area contributed by atoms with E-state index in [1.165, 1.54) is 0 Å². The van der Waals surface area contributed by atoms with Crippen molar-refractivity contribution in [2.24, 2.45) is 0 Å². The number of carbonyl (C=O) groups is 1. The minimum Gasteiger partial charge on any atom is -0.486 e. The SMILES string of the molecule is O=C(CBr)NCc1ccc2c(c1)OCCO2. The fourth-order valence-electron chi connectivity index (χ4n) is 1.45. The number of carbonyl (C=O) groups excluding carboxylic acids is 1. The molecular formula is C11H12BrNO3. The molecule has 16 heavy (non-hydrogen) atoms. The summed E-state index contributed by atoms with van der Waals surface area (Å²) in [7, 11) is 0. The van der Waals surface area contributed by atoms with Crippen molar-refractivity contribution >= 4 is 21.8 Å². The second-order valence-electron chi connectivity index (χ2n) is 3.39. The first-order chi connectivity index (χ1) is 7.79. The number of hydrogen-bond donors (Lipinski definition) is 1. The van der Waals surface area contributed by atoms with E-state index in [1.54, 1.807) is 0 Å². The number of benzene rings is 1. The first-order valence-corrected chi connectivity index (χ1v) is 6.13. The molecule has 1 aromatic carbocycles. The highest BCUT2D eigenvalue weighted by molar-refractivity contribution is 9.09. The number of hydrogen-bond acceptors (Lipinski definition) is 3. The Hall–Kier alpha value is -1.23. The van der Waals surface area contributed by atoms with E-state index in [0.717, 1.165) is 17.1 Å². The van der Waals surface area contributed by atoms with Gasteiger partial charge in [-0.05, 0) is 17.7 Å². The molecule has 0 aromatic heterocycles. The molecule has 5 heteroatoms. The van der Waals surface area contributed by atoms with Crippen LogP contribution in [0.1, 0.15) is 5.56 Å². The number of rotatable bonds is 3. The fraction of sp³-hybridized carbons (Fsp3) is 0.364. The minimum atomic E-state index is -0.0325. The van der Waals surface area contributed by atoms with Crippen LogP contribution in [0, 0.1) is 0 Å². The maximum Gasteiger partial charge on any atom is 0.230 e. The van der Waals surface area contributed by atoms with E-state index in [0.29, 0.717) is 25.1 Å². The van der Waals surface area contributed by atoms with Crippen LogP contribution in [0.15, 0.2) is 18.2 Å². The van der Waals surface area contributed by atoms with Crippen molar-refractivity contribution in [3.63, 3.8) is 0 Å². The summed E-state index contributed by atoms with van der Waals surface area (Å²) in [6.45, 7) is 1.66. The van der Waals surface area contributed by atoms with Gasteiger partial charge in [0.1, 0.15) is 13.2 Å². The summed E-state index contributed by atoms with van der Waals surface area (Å²) in [5, 5.41) is 3.09. The lowest BCUT2D eigenvalue weighted by atomic mass is 10.2. The van der Waals surface area contributed by atoms with Gasteiger partial charge in [0.05, 0.1) is 5.33 Å². The van der Waals surface area contributed by atoms with Gasteiger partial charge in [0, 0.05) is 6.54 Å². The monoisotopic (exact) mass is 285 g/mol. The van der Waals surface area contributed by atoms with E-state index in [-0.39, 0.29) is 5.91 Å². The van der Waals surface area contributed by atoms with Gasteiger partial charge >= 0.3 is 0 Å². The number of fused-ring (bicyclic) bond motifs is 1. The molecule has 2 rings (SSSR count). The smallest absolute Gasteiger partial charge is 0.230 e. The molecular weight excluding hydrogens is 274 g/mol. The maximum absolute atomic E-state index is 11.1. The average Bonchev–Trinajstić information content (AvgIpc) is 2.35. The van der Waals surface area contributed by atoms with Crippen molar-refractivity contribution in [2.45, 2.75) is 6.54 Å². The Bertz CT molecular complexity index is 395. The summed E-state index contributed by atoms with van der Waals surface area (Å²) >= 11 is 3.09. The summed E-state index contributed by atoms with van der Waals surface area (Å²) in [6, 6.07) is 5.68. The van der Waals surface area contributed by atoms with Gasteiger partial charge in [0.25, 0.3) is 0 Å². The van der Waals surface area contributed by atoms with Crippen molar-refractivity contribution in [1.29, 1.82) is 0 Å². The minimum absolute atomic E-state index is 0.0325. The van der Waals surface area contributed by atoms with Gasteiger partial charge in [0.15, 0.2) is 11.5 Å². The van der Waals surface area contributed by atoms with E-state index in [2.05, 4.69) is 21.2 Å². The van der Waals surface area contributed by atoms with E-state index in [4.69, 9.17) is 9.47 Å². The Kier molecular flexibility index (Phi) is 3.66. The Morgan fingerprint density at radius 3 is 2.81 bits per heavy atom. The van der Waals surface area contributed by atoms with Crippen molar-refractivity contribution in [3.05, 3.63) is 23.8 Å². The zero-order chi connectivity index (χ0) is 11.4. The molecule has 0 fully saturated rings. The van der Waals surface area contributed by atoms with Gasteiger partial charge in [-0.25, -0.2) is 0 Å². The molecule has 0 aliphatic carbocycles. The van der Waals surface area contributed by atoms with Crippen molar-refractivity contribution in [1.82, 2.24) is 5.32 Å². The first-order valence-electron chi connectivity index (χ1n) is 5.01. The third kappa shape index (κ3) is 2.66. The quantitative estimate of drug-likeness (QED) is 0.856. The highest BCUT2D eigenvalue weighted by atomic mass is 79.9. The predicted octanol–water partition coefficient (Wildman–Crippen LogP) is 1.47. The fourth-order valence-corrected chi connectivity index (χ4v) is 1.64. The molecule has 0 radical (unpaired) electrons. The third-order valence-electron chi connectivity index (χ3n) is 2.22. The van der Waals surface area contributed by atoms with Crippen LogP contribution < -0.4 is 14.8 Å². The molecule has 86 valence electrons. The molecule has 4 nitrogen and oxygen atoms in total. The van der Waals surface area contributed by atoms with Gasteiger partial charge in [0.2, 0.25) is 5.91 Å². The Labute approximate surface area is 102 Å². The summed E-state index contributed by atoms with van der Waals surface area (Å²) in [6.07, 6.45) is 0. The standard InChI is InChI=1S/C11H12BrNO3/c12-6-11(14)13-7-8-1-2-9-10(5-8)16-4-3-15-9/h1-2,5H,3-4,6-7H2,(H,13,14). The lowest BCUT2D eigenvalue weighted by Gasteiger charge is -2.18. The van der Waals surface area contributed by atoms with Crippen LogP contribution >= 0.6 is 15.9 Å². The van der Waals surface area contributed by atoms with Crippen LogP contribution in [0.4, 0.5) is 0 Å². The normalized spacial score (nSPS) is 13.3. The van der Waals surface area contributed by atoms with Crippen molar-refractivity contribution in [3.8, 4) is 11.5 Å². The third-order valence-corrected chi connectivity index (χ3v) is 2.73. The van der Waals surface area contributed by atoms with Gasteiger partial charge in [-0.1, -0.05) is 22.0 Å². The van der Waals surface area contributed by atoms with Crippen molar-refractivity contribution in [2.75, 3.05) is 18.5 Å². The molecule has 1 heterocycles. The number of nitrogens with one attached hydrogen (secondary N) is 1. The molecule has 1 aliphatic heterocycles. The second-order valence-corrected chi connectivity index (χ2v) is 3.95. The van der Waals surface area contributed by atoms with E-state index >= 15 is 0 Å². The molecule has 1 aromatic rings. The Balaban J connectivity index is 2.03.